The Morgan fingerprint density at radius 3 is 2.64 bits per heavy atom. The lowest BCUT2D eigenvalue weighted by Crippen LogP contribution is -3.13. The maximum absolute atomic E-state index is 13.9. The largest absolute Gasteiger partial charge is 0.497 e. The van der Waals surface area contributed by atoms with Crippen LogP contribution >= 0.6 is 11.6 Å². The molecule has 0 spiro atoms. The molecule has 2 aromatic carbocycles. The second-order valence-electron chi connectivity index (χ2n) is 6.17. The normalized spacial score (nSPS) is 15.2. The fraction of sp³-hybridized carbons (Fsp3) is 0.316. The van der Waals surface area contributed by atoms with Gasteiger partial charge in [-0.25, -0.2) is 4.39 Å². The Bertz CT molecular complexity index is 741. The van der Waals surface area contributed by atoms with Crippen LogP contribution in [0.1, 0.15) is 15.9 Å². The molecule has 1 aliphatic rings. The van der Waals surface area contributed by atoms with Gasteiger partial charge in [-0.1, -0.05) is 29.8 Å². The van der Waals surface area contributed by atoms with E-state index >= 15 is 0 Å². The van der Waals surface area contributed by atoms with Gasteiger partial charge in [0, 0.05) is 5.56 Å². The van der Waals surface area contributed by atoms with Gasteiger partial charge < -0.3 is 14.5 Å². The summed E-state index contributed by atoms with van der Waals surface area (Å²) in [7, 11) is 1.66. The van der Waals surface area contributed by atoms with Crippen molar-refractivity contribution in [2.24, 2.45) is 0 Å². The molecule has 0 unspecified atom stereocenters. The van der Waals surface area contributed by atoms with Crippen molar-refractivity contribution < 1.29 is 18.8 Å². The number of nitrogens with one attached hydrogen (secondary N) is 1. The smallest absolute Gasteiger partial charge is 0.258 e. The third-order valence-electron chi connectivity index (χ3n) is 4.52. The van der Waals surface area contributed by atoms with Crippen LogP contribution in [-0.4, -0.2) is 44.1 Å². The third kappa shape index (κ3) is 4.11. The number of methoxy groups -OCH3 is 1. The number of benzene rings is 2. The van der Waals surface area contributed by atoms with Gasteiger partial charge in [-0.15, -0.1) is 0 Å². The van der Waals surface area contributed by atoms with Crippen LogP contribution in [0, 0.1) is 5.82 Å². The highest BCUT2D eigenvalue weighted by Gasteiger charge is 2.27. The average Bonchev–Trinajstić information content (AvgIpc) is 2.62. The minimum Gasteiger partial charge on any atom is -0.497 e. The minimum absolute atomic E-state index is 0.0274. The number of rotatable bonds is 4. The van der Waals surface area contributed by atoms with Crippen LogP contribution < -0.4 is 9.64 Å². The number of hydrogen-bond donors (Lipinski definition) is 1. The summed E-state index contributed by atoms with van der Waals surface area (Å²) in [5, 5.41) is 0.163. The monoisotopic (exact) mass is 363 g/mol. The quantitative estimate of drug-likeness (QED) is 0.902. The molecule has 0 bridgehead atoms. The van der Waals surface area contributed by atoms with Gasteiger partial charge in [-0.2, -0.15) is 0 Å². The molecule has 6 heteroatoms. The number of ether oxygens (including phenoxy) is 1. The SMILES string of the molecule is COc1cccc(C[NH+]2CCN(C(=O)c3c(F)cccc3Cl)CC2)c1. The van der Waals surface area contributed by atoms with Gasteiger partial charge in [0.15, 0.2) is 0 Å². The van der Waals surface area contributed by atoms with E-state index in [2.05, 4.69) is 6.07 Å². The van der Waals surface area contributed by atoms with E-state index in [1.54, 1.807) is 18.1 Å². The molecule has 1 fully saturated rings. The highest BCUT2D eigenvalue weighted by atomic mass is 35.5. The van der Waals surface area contributed by atoms with Gasteiger partial charge in [0.05, 0.1) is 43.9 Å². The highest BCUT2D eigenvalue weighted by molar-refractivity contribution is 6.33. The summed E-state index contributed by atoms with van der Waals surface area (Å²) in [6.45, 7) is 3.68. The van der Waals surface area contributed by atoms with E-state index in [1.165, 1.54) is 22.6 Å². The third-order valence-corrected chi connectivity index (χ3v) is 4.84. The van der Waals surface area contributed by atoms with Crippen LogP contribution in [0.4, 0.5) is 4.39 Å². The molecule has 1 heterocycles. The van der Waals surface area contributed by atoms with Crippen molar-refractivity contribution in [3.05, 3.63) is 64.4 Å². The first kappa shape index (κ1) is 17.7. The van der Waals surface area contributed by atoms with E-state index < -0.39 is 5.82 Å². The maximum atomic E-state index is 13.9. The van der Waals surface area contributed by atoms with Crippen LogP contribution in [0.25, 0.3) is 0 Å². The molecule has 0 radical (unpaired) electrons. The first-order chi connectivity index (χ1) is 12.1. The van der Waals surface area contributed by atoms with E-state index in [9.17, 15) is 9.18 Å². The molecular weight excluding hydrogens is 343 g/mol. The van der Waals surface area contributed by atoms with Crippen molar-refractivity contribution in [3.63, 3.8) is 0 Å². The van der Waals surface area contributed by atoms with Crippen LogP contribution in [0.2, 0.25) is 5.02 Å². The summed E-state index contributed by atoms with van der Waals surface area (Å²) in [5.41, 5.74) is 1.17. The van der Waals surface area contributed by atoms with Gasteiger partial charge in [0.1, 0.15) is 18.1 Å². The van der Waals surface area contributed by atoms with Crippen LogP contribution in [0.15, 0.2) is 42.5 Å². The summed E-state index contributed by atoms with van der Waals surface area (Å²) >= 11 is 6.00. The molecule has 0 atom stereocenters. The molecule has 3 rings (SSSR count). The van der Waals surface area contributed by atoms with Crippen LogP contribution in [-0.2, 0) is 6.54 Å². The maximum Gasteiger partial charge on any atom is 0.258 e. The predicted octanol–water partition coefficient (Wildman–Crippen LogP) is 2.03. The van der Waals surface area contributed by atoms with Crippen molar-refractivity contribution >= 4 is 17.5 Å². The Kier molecular flexibility index (Phi) is 5.56. The second-order valence-corrected chi connectivity index (χ2v) is 6.57. The highest BCUT2D eigenvalue weighted by Crippen LogP contribution is 2.21. The van der Waals surface area contributed by atoms with E-state index in [0.717, 1.165) is 25.4 Å². The number of amides is 1. The molecule has 0 aromatic heterocycles. The number of piperazine rings is 1. The first-order valence-corrected chi connectivity index (χ1v) is 8.66. The summed E-state index contributed by atoms with van der Waals surface area (Å²) in [4.78, 5) is 15.6. The standard InChI is InChI=1S/C19H20ClFN2O2/c1-25-15-5-2-4-14(12-15)13-22-8-10-23(11-9-22)19(24)18-16(20)6-3-7-17(18)21/h2-7,12H,8-11,13H2,1H3/p+1. The summed E-state index contributed by atoms with van der Waals surface area (Å²) < 4.78 is 19.2. The molecule has 132 valence electrons. The molecule has 2 aromatic rings. The molecule has 0 aliphatic carbocycles. The fourth-order valence-corrected chi connectivity index (χ4v) is 3.38. The lowest BCUT2D eigenvalue weighted by atomic mass is 10.1. The van der Waals surface area contributed by atoms with Crippen molar-refractivity contribution in [3.8, 4) is 5.75 Å². The van der Waals surface area contributed by atoms with Crippen molar-refractivity contribution in [1.82, 2.24) is 4.90 Å². The number of carbonyl (C=O) groups is 1. The van der Waals surface area contributed by atoms with Crippen molar-refractivity contribution in [2.45, 2.75) is 6.54 Å². The van der Waals surface area contributed by atoms with Crippen molar-refractivity contribution in [2.75, 3.05) is 33.3 Å². The zero-order valence-electron chi connectivity index (χ0n) is 14.1. The van der Waals surface area contributed by atoms with E-state index in [1.807, 2.05) is 18.2 Å². The Balaban J connectivity index is 1.61. The van der Waals surface area contributed by atoms with Crippen LogP contribution in [0.3, 0.4) is 0 Å². The number of halogens is 2. The average molecular weight is 364 g/mol. The number of nitrogens with zero attached hydrogens (tertiary/aromatic N) is 1. The van der Waals surface area contributed by atoms with Crippen molar-refractivity contribution in [1.29, 1.82) is 0 Å². The van der Waals surface area contributed by atoms with Gasteiger partial charge in [-0.05, 0) is 24.3 Å². The van der Waals surface area contributed by atoms with Crippen LogP contribution in [0.5, 0.6) is 5.75 Å². The molecule has 1 amide bonds. The number of quaternary nitrogens is 1. The Morgan fingerprint density at radius 2 is 1.96 bits per heavy atom. The predicted molar refractivity (Wildman–Crippen MR) is 94.7 cm³/mol. The van der Waals surface area contributed by atoms with E-state index in [4.69, 9.17) is 16.3 Å². The topological polar surface area (TPSA) is 34.0 Å². The van der Waals surface area contributed by atoms with Gasteiger partial charge in [0.25, 0.3) is 5.91 Å². The van der Waals surface area contributed by atoms with Gasteiger partial charge >= 0.3 is 0 Å². The molecular formula is C19H21ClFN2O2+. The zero-order valence-corrected chi connectivity index (χ0v) is 14.9. The second kappa shape index (κ2) is 7.85. The Hall–Kier alpha value is -2.11. The Morgan fingerprint density at radius 1 is 1.24 bits per heavy atom. The van der Waals surface area contributed by atoms with Gasteiger partial charge in [-0.3, -0.25) is 4.79 Å². The molecule has 4 nitrogen and oxygen atoms in total. The molecule has 25 heavy (non-hydrogen) atoms. The Labute approximate surface area is 151 Å². The summed E-state index contributed by atoms with van der Waals surface area (Å²) in [5.74, 6) is -0.0490. The first-order valence-electron chi connectivity index (χ1n) is 8.28. The van der Waals surface area contributed by atoms with Gasteiger partial charge in [0.2, 0.25) is 0 Å². The minimum atomic E-state index is -0.566. The van der Waals surface area contributed by atoms with E-state index in [-0.39, 0.29) is 16.5 Å². The molecule has 0 saturated carbocycles. The summed E-state index contributed by atoms with van der Waals surface area (Å²) in [6.07, 6.45) is 0. The zero-order chi connectivity index (χ0) is 17.8. The lowest BCUT2D eigenvalue weighted by Gasteiger charge is -2.32. The molecule has 1 saturated heterocycles. The van der Waals surface area contributed by atoms with E-state index in [0.29, 0.717) is 13.1 Å². The number of hydrogen-bond acceptors (Lipinski definition) is 2. The molecule has 1 N–H and O–H groups in total. The fourth-order valence-electron chi connectivity index (χ4n) is 3.13. The summed E-state index contributed by atoms with van der Waals surface area (Å²) in [6, 6.07) is 12.3. The molecule has 1 aliphatic heterocycles. The number of carbonyl (C=O) groups excluding carboxylic acids is 1. The lowest BCUT2D eigenvalue weighted by molar-refractivity contribution is -0.917.